The van der Waals surface area contributed by atoms with Gasteiger partial charge in [-0.2, -0.15) is 13.2 Å². The van der Waals surface area contributed by atoms with E-state index in [1.54, 1.807) is 0 Å². The predicted octanol–water partition coefficient (Wildman–Crippen LogP) is 3.26. The Balaban J connectivity index is 2.17. The number of thioether (sulfide) groups is 1. The highest BCUT2D eigenvalue weighted by Crippen LogP contribution is 2.33. The van der Waals surface area contributed by atoms with Crippen LogP contribution in [0.3, 0.4) is 0 Å². The number of alkyl halides is 3. The summed E-state index contributed by atoms with van der Waals surface area (Å²) in [5.74, 6) is 0.303. The van der Waals surface area contributed by atoms with E-state index in [1.807, 2.05) is 0 Å². The average Bonchev–Trinajstić information content (AvgIpc) is 2.88. The van der Waals surface area contributed by atoms with Gasteiger partial charge in [0.15, 0.2) is 0 Å². The van der Waals surface area contributed by atoms with E-state index in [1.165, 1.54) is 17.8 Å². The van der Waals surface area contributed by atoms with Gasteiger partial charge in [0.05, 0.1) is 11.7 Å². The molecule has 7 heteroatoms. The lowest BCUT2D eigenvalue weighted by atomic mass is 10.1. The number of benzene rings is 1. The lowest BCUT2D eigenvalue weighted by molar-refractivity contribution is -0.137. The first-order valence-electron chi connectivity index (χ1n) is 6.18. The summed E-state index contributed by atoms with van der Waals surface area (Å²) in [6.07, 6.45) is -2.33. The molecule has 1 heterocycles. The summed E-state index contributed by atoms with van der Waals surface area (Å²) in [6.45, 7) is 0.734. The summed E-state index contributed by atoms with van der Waals surface area (Å²) >= 11 is 1.38. The molecule has 0 amide bonds. The number of halogens is 3. The minimum Gasteiger partial charge on any atom is -0.384 e. The van der Waals surface area contributed by atoms with Crippen molar-refractivity contribution in [1.29, 1.82) is 5.41 Å². The van der Waals surface area contributed by atoms with Crippen LogP contribution in [0.5, 0.6) is 0 Å². The van der Waals surface area contributed by atoms with Gasteiger partial charge in [0, 0.05) is 22.8 Å². The zero-order chi connectivity index (χ0) is 14.8. The van der Waals surface area contributed by atoms with E-state index in [0.717, 1.165) is 31.6 Å². The van der Waals surface area contributed by atoms with Gasteiger partial charge in [0.2, 0.25) is 0 Å². The molecule has 3 nitrogen and oxygen atoms in total. The molecule has 1 unspecified atom stereocenters. The molecule has 1 saturated heterocycles. The quantitative estimate of drug-likeness (QED) is 0.510. The third-order valence-corrected chi connectivity index (χ3v) is 4.25. The van der Waals surface area contributed by atoms with Crippen LogP contribution in [0.25, 0.3) is 0 Å². The smallest absolute Gasteiger partial charge is 0.384 e. The molecule has 20 heavy (non-hydrogen) atoms. The number of hydrogen-bond acceptors (Lipinski definition) is 3. The van der Waals surface area contributed by atoms with Crippen molar-refractivity contribution in [2.24, 2.45) is 5.73 Å². The van der Waals surface area contributed by atoms with Crippen LogP contribution in [0.15, 0.2) is 23.1 Å². The van der Waals surface area contributed by atoms with Crippen molar-refractivity contribution in [3.05, 3.63) is 29.3 Å². The summed E-state index contributed by atoms with van der Waals surface area (Å²) in [5.41, 5.74) is 4.72. The largest absolute Gasteiger partial charge is 0.416 e. The second-order valence-electron chi connectivity index (χ2n) is 4.57. The van der Waals surface area contributed by atoms with Crippen molar-refractivity contribution in [2.75, 3.05) is 12.4 Å². The van der Waals surface area contributed by atoms with Gasteiger partial charge in [-0.3, -0.25) is 5.41 Å². The van der Waals surface area contributed by atoms with Gasteiger partial charge in [-0.05, 0) is 31.0 Å². The van der Waals surface area contributed by atoms with Crippen molar-refractivity contribution in [3.8, 4) is 0 Å². The average molecular weight is 304 g/mol. The van der Waals surface area contributed by atoms with E-state index in [2.05, 4.69) is 0 Å². The zero-order valence-corrected chi connectivity index (χ0v) is 11.5. The molecule has 1 aromatic carbocycles. The van der Waals surface area contributed by atoms with Crippen molar-refractivity contribution < 1.29 is 17.9 Å². The number of nitrogens with one attached hydrogen (secondary N) is 1. The first-order chi connectivity index (χ1) is 9.38. The summed E-state index contributed by atoms with van der Waals surface area (Å²) in [5, 5.41) is 7.43. The van der Waals surface area contributed by atoms with Crippen LogP contribution >= 0.6 is 11.8 Å². The van der Waals surface area contributed by atoms with Crippen molar-refractivity contribution in [3.63, 3.8) is 0 Å². The first-order valence-corrected chi connectivity index (χ1v) is 7.16. The molecule has 0 aliphatic carbocycles. The molecular formula is C13H15F3N2OS. The summed E-state index contributed by atoms with van der Waals surface area (Å²) in [6, 6.07) is 3.32. The molecule has 0 saturated carbocycles. The van der Waals surface area contributed by atoms with Crippen molar-refractivity contribution in [2.45, 2.75) is 30.0 Å². The summed E-state index contributed by atoms with van der Waals surface area (Å²) in [7, 11) is 0. The standard InChI is InChI=1S/C13H15F3N2OS/c14-13(15,16)8-3-4-11(10(6-8)12(17)18)20-7-9-2-1-5-19-9/h3-4,6,9H,1-2,5,7H2,(H3,17,18). The normalized spacial score (nSPS) is 19.2. The Bertz CT molecular complexity index is 499. The van der Waals surface area contributed by atoms with Gasteiger partial charge < -0.3 is 10.5 Å². The maximum absolute atomic E-state index is 12.7. The van der Waals surface area contributed by atoms with Crippen molar-refractivity contribution >= 4 is 17.6 Å². The molecule has 3 N–H and O–H groups in total. The predicted molar refractivity (Wildman–Crippen MR) is 72.2 cm³/mol. The summed E-state index contributed by atoms with van der Waals surface area (Å²) < 4.78 is 43.4. The second kappa shape index (κ2) is 6.05. The van der Waals surface area contributed by atoms with Gasteiger partial charge in [-0.25, -0.2) is 0 Å². The first kappa shape index (κ1) is 15.2. The highest BCUT2D eigenvalue weighted by Gasteiger charge is 2.31. The van der Waals surface area contributed by atoms with Gasteiger partial charge in [-0.15, -0.1) is 11.8 Å². The molecule has 0 aromatic heterocycles. The molecule has 1 aliphatic heterocycles. The molecule has 110 valence electrons. The van der Waals surface area contributed by atoms with Crippen LogP contribution < -0.4 is 5.73 Å². The molecule has 1 aliphatic rings. The number of nitrogens with two attached hydrogens (primary N) is 1. The molecule has 1 aromatic rings. The number of rotatable bonds is 4. The third kappa shape index (κ3) is 3.67. The van der Waals surface area contributed by atoms with E-state index in [4.69, 9.17) is 15.9 Å². The number of hydrogen-bond donors (Lipinski definition) is 2. The molecule has 1 fully saturated rings. The van der Waals surface area contributed by atoms with Crippen LogP contribution in [0.1, 0.15) is 24.0 Å². The lowest BCUT2D eigenvalue weighted by Gasteiger charge is -2.14. The van der Waals surface area contributed by atoms with Crippen molar-refractivity contribution in [1.82, 2.24) is 0 Å². The van der Waals surface area contributed by atoms with Crippen LogP contribution in [-0.2, 0) is 10.9 Å². The van der Waals surface area contributed by atoms with E-state index in [9.17, 15) is 13.2 Å². The van der Waals surface area contributed by atoms with Gasteiger partial charge >= 0.3 is 6.18 Å². The fourth-order valence-corrected chi connectivity index (χ4v) is 3.12. The van der Waals surface area contributed by atoms with Gasteiger partial charge in [-0.1, -0.05) is 0 Å². The minimum absolute atomic E-state index is 0.127. The molecule has 2 rings (SSSR count). The Morgan fingerprint density at radius 3 is 2.75 bits per heavy atom. The Hall–Kier alpha value is -1.21. The highest BCUT2D eigenvalue weighted by atomic mass is 32.2. The second-order valence-corrected chi connectivity index (χ2v) is 5.63. The number of ether oxygens (including phenoxy) is 1. The molecular weight excluding hydrogens is 289 g/mol. The highest BCUT2D eigenvalue weighted by molar-refractivity contribution is 7.99. The summed E-state index contributed by atoms with van der Waals surface area (Å²) in [4.78, 5) is 0.584. The fourth-order valence-electron chi connectivity index (χ4n) is 2.00. The third-order valence-electron chi connectivity index (χ3n) is 3.05. The Morgan fingerprint density at radius 2 is 2.20 bits per heavy atom. The van der Waals surface area contributed by atoms with Crippen LogP contribution in [-0.4, -0.2) is 24.3 Å². The van der Waals surface area contributed by atoms with E-state index in [0.29, 0.717) is 10.6 Å². The lowest BCUT2D eigenvalue weighted by Crippen LogP contribution is -2.16. The maximum atomic E-state index is 12.7. The fraction of sp³-hybridized carbons (Fsp3) is 0.462. The van der Waals surface area contributed by atoms with E-state index in [-0.39, 0.29) is 17.5 Å². The Morgan fingerprint density at radius 1 is 1.45 bits per heavy atom. The zero-order valence-electron chi connectivity index (χ0n) is 10.7. The van der Waals surface area contributed by atoms with Crippen LogP contribution in [0, 0.1) is 5.41 Å². The molecule has 1 atom stereocenters. The van der Waals surface area contributed by atoms with E-state index < -0.39 is 11.7 Å². The Labute approximate surface area is 119 Å². The van der Waals surface area contributed by atoms with Gasteiger partial charge in [0.25, 0.3) is 0 Å². The Kier molecular flexibility index (Phi) is 4.59. The van der Waals surface area contributed by atoms with Crippen LogP contribution in [0.4, 0.5) is 13.2 Å². The topological polar surface area (TPSA) is 59.1 Å². The molecule has 0 radical (unpaired) electrons. The molecule has 0 bridgehead atoms. The molecule has 0 spiro atoms. The number of amidine groups is 1. The monoisotopic (exact) mass is 304 g/mol. The SMILES string of the molecule is N=C(N)c1cc(C(F)(F)F)ccc1SCC1CCCO1. The van der Waals surface area contributed by atoms with E-state index >= 15 is 0 Å². The van der Waals surface area contributed by atoms with Gasteiger partial charge in [0.1, 0.15) is 5.84 Å². The number of nitrogen functional groups attached to an aromatic ring is 1. The maximum Gasteiger partial charge on any atom is 0.416 e. The van der Waals surface area contributed by atoms with Crippen LogP contribution in [0.2, 0.25) is 0 Å². The minimum atomic E-state index is -4.43.